The lowest BCUT2D eigenvalue weighted by Crippen LogP contribution is -2.46. The third-order valence-electron chi connectivity index (χ3n) is 9.49. The summed E-state index contributed by atoms with van der Waals surface area (Å²) in [6.07, 6.45) is 5.81. The van der Waals surface area contributed by atoms with Crippen molar-refractivity contribution in [3.8, 4) is 17.4 Å². The predicted molar refractivity (Wildman–Crippen MR) is 230 cm³/mol. The lowest BCUT2D eigenvalue weighted by molar-refractivity contribution is -0.139. The number of allylic oxidation sites excluding steroid dienone is 1. The van der Waals surface area contributed by atoms with Crippen molar-refractivity contribution < 1.29 is 59.6 Å². The number of sulfonamides is 1. The maximum absolute atomic E-state index is 13.4. The monoisotopic (exact) mass is 863 g/mol. The second-order valence-corrected chi connectivity index (χ2v) is 17.2. The number of hydrogen-bond acceptors (Lipinski definition) is 11. The van der Waals surface area contributed by atoms with Crippen LogP contribution in [0.3, 0.4) is 0 Å². The van der Waals surface area contributed by atoms with E-state index in [1.807, 2.05) is 65.0 Å². The molecule has 3 N–H and O–H groups in total. The number of hydrogen-bond donors (Lipinski definition) is 3. The van der Waals surface area contributed by atoms with Crippen molar-refractivity contribution in [1.29, 1.82) is 0 Å². The summed E-state index contributed by atoms with van der Waals surface area (Å²) in [5.41, 5.74) is -2.67. The number of likely N-dealkylation sites (tertiary alicyclic amines) is 1. The van der Waals surface area contributed by atoms with Gasteiger partial charge >= 0.3 is 6.09 Å². The Balaban J connectivity index is -0.000000993. The van der Waals surface area contributed by atoms with Crippen LogP contribution < -0.4 is 29.6 Å². The van der Waals surface area contributed by atoms with E-state index in [4.69, 9.17) is 18.9 Å². The fourth-order valence-electron chi connectivity index (χ4n) is 5.31. The van der Waals surface area contributed by atoms with Crippen molar-refractivity contribution in [1.82, 2.24) is 25.2 Å². The number of carbonyl (C=O) groups excluding carboxylic acids is 4. The summed E-state index contributed by atoms with van der Waals surface area (Å²) < 4.78 is 70.3. The van der Waals surface area contributed by atoms with Crippen molar-refractivity contribution >= 4 is 44.6 Å². The van der Waals surface area contributed by atoms with Gasteiger partial charge in [-0.25, -0.2) is 27.0 Å². The molecule has 0 spiro atoms. The van der Waals surface area contributed by atoms with E-state index in [2.05, 4.69) is 15.6 Å². The first-order valence-electron chi connectivity index (χ1n) is 19.6. The Bertz CT molecular complexity index is 1860. The topological polar surface area (TPSA) is 192 Å². The molecule has 4 amide bonds. The molecule has 59 heavy (non-hydrogen) atoms. The molecule has 0 radical (unpaired) electrons. The summed E-state index contributed by atoms with van der Waals surface area (Å²) in [5.74, 6) is 0.939. The number of pyridine rings is 1. The van der Waals surface area contributed by atoms with E-state index in [0.29, 0.717) is 56.2 Å². The minimum Gasteiger partial charge on any atom is -0.493 e. The number of rotatable bonds is 14. The van der Waals surface area contributed by atoms with E-state index in [1.54, 1.807) is 30.0 Å². The number of carbonyl (C=O) groups is 4. The summed E-state index contributed by atoms with van der Waals surface area (Å²) in [7, 11) is 0.826. The Morgan fingerprint density at radius 2 is 1.68 bits per heavy atom. The molecule has 1 aliphatic heterocycles. The SMILES string of the molecule is C/C=C\CNC(=O)[C@@H]1C[C@@H](Oc2nccc3cc(OC)c(OC)cc23)CN1C(=O)CC(C)C.CC.CC(=O)NS(=O)(=O)C1(CF)CC1.CNC(=O)OC(C)(C)C(C)(C)F.[HH].[HH].[HH]. The van der Waals surface area contributed by atoms with Gasteiger partial charge in [-0.05, 0) is 77.0 Å². The fourth-order valence-corrected chi connectivity index (χ4v) is 6.69. The molecular formula is C41H71F2N5O10S. The first-order chi connectivity index (χ1) is 27.5. The lowest BCUT2D eigenvalue weighted by Gasteiger charge is -2.33. The summed E-state index contributed by atoms with van der Waals surface area (Å²) >= 11 is 0. The van der Waals surface area contributed by atoms with Crippen molar-refractivity contribution in [2.75, 3.05) is 41.0 Å². The van der Waals surface area contributed by atoms with Gasteiger partial charge in [0.15, 0.2) is 11.5 Å². The van der Waals surface area contributed by atoms with Crippen LogP contribution in [-0.2, 0) is 29.1 Å². The number of fused-ring (bicyclic) bond motifs is 1. The van der Waals surface area contributed by atoms with Crippen molar-refractivity contribution in [2.24, 2.45) is 5.92 Å². The second-order valence-electron chi connectivity index (χ2n) is 15.1. The van der Waals surface area contributed by atoms with Gasteiger partial charge in [0.2, 0.25) is 33.6 Å². The van der Waals surface area contributed by atoms with Crippen molar-refractivity contribution in [2.45, 2.75) is 123 Å². The number of benzene rings is 1. The normalized spacial score (nSPS) is 16.9. The van der Waals surface area contributed by atoms with Gasteiger partial charge < -0.3 is 34.5 Å². The smallest absolute Gasteiger partial charge is 0.407 e. The van der Waals surface area contributed by atoms with E-state index in [1.165, 1.54) is 34.7 Å². The summed E-state index contributed by atoms with van der Waals surface area (Å²) in [4.78, 5) is 53.0. The van der Waals surface area contributed by atoms with Crippen LogP contribution in [0, 0.1) is 5.92 Å². The number of alkyl halides is 2. The van der Waals surface area contributed by atoms with Gasteiger partial charge in [0.25, 0.3) is 0 Å². The molecule has 4 rings (SSSR count). The fraction of sp³-hybridized carbons (Fsp3) is 0.634. The molecule has 0 unspecified atom stereocenters. The van der Waals surface area contributed by atoms with Crippen molar-refractivity contribution in [3.05, 3.63) is 36.5 Å². The number of ether oxygens (including phenoxy) is 4. The number of aromatic nitrogens is 1. The summed E-state index contributed by atoms with van der Waals surface area (Å²) in [6.45, 7) is 16.6. The van der Waals surface area contributed by atoms with Gasteiger partial charge in [-0.1, -0.05) is 39.8 Å². The van der Waals surface area contributed by atoms with Crippen LogP contribution in [0.25, 0.3) is 10.8 Å². The zero-order valence-electron chi connectivity index (χ0n) is 36.8. The Labute approximate surface area is 352 Å². The first-order valence-corrected chi connectivity index (χ1v) is 21.0. The highest BCUT2D eigenvalue weighted by atomic mass is 32.2. The van der Waals surface area contributed by atoms with Crippen LogP contribution in [0.15, 0.2) is 36.5 Å². The molecule has 340 valence electrons. The Hall–Kier alpha value is -4.74. The average molecular weight is 864 g/mol. The first kappa shape index (κ1) is 52.3. The van der Waals surface area contributed by atoms with Crippen LogP contribution in [0.5, 0.6) is 17.4 Å². The largest absolute Gasteiger partial charge is 0.493 e. The van der Waals surface area contributed by atoms with Gasteiger partial charge in [-0.15, -0.1) is 0 Å². The summed E-state index contributed by atoms with van der Waals surface area (Å²) in [5, 5.41) is 6.82. The van der Waals surface area contributed by atoms with Crippen LogP contribution in [0.4, 0.5) is 13.6 Å². The Morgan fingerprint density at radius 3 is 2.15 bits per heavy atom. The molecule has 0 bridgehead atoms. The molecule has 18 heteroatoms. The van der Waals surface area contributed by atoms with E-state index >= 15 is 0 Å². The predicted octanol–water partition coefficient (Wildman–Crippen LogP) is 6.93. The van der Waals surface area contributed by atoms with E-state index in [0.717, 1.165) is 17.7 Å². The van der Waals surface area contributed by atoms with Gasteiger partial charge in [0.05, 0.1) is 20.8 Å². The number of amides is 4. The molecule has 1 aromatic heterocycles. The number of alkyl carbamates (subject to hydrolysis) is 1. The maximum atomic E-state index is 13.4. The zero-order chi connectivity index (χ0) is 45.4. The third kappa shape index (κ3) is 15.1. The van der Waals surface area contributed by atoms with Gasteiger partial charge in [0, 0.05) is 49.2 Å². The molecule has 1 saturated heterocycles. The number of methoxy groups -OCH3 is 2. The third-order valence-corrected chi connectivity index (χ3v) is 11.7. The molecule has 1 saturated carbocycles. The van der Waals surface area contributed by atoms with Gasteiger partial charge in [-0.3, -0.25) is 19.1 Å². The molecule has 2 atom stereocenters. The standard InChI is InChI=1S/C25H33N3O5.C8H16FNO2.C6H10FNO3S.C2H6.3H2/c1-6-7-9-26-24(30)20-13-18(15-28(20)23(29)11-16(2)3)33-25-19-14-22(32-5)21(31-4)12-17(19)8-10-27-25;1-7(2,9)8(3,4)12-6(11)10-5;1-5(9)8-12(10,11)6(4-7)2-3-6;1-2;;;/h6-8,10,12,14,16,18,20H,9,11,13,15H2,1-5H3,(H,26,30);1-5H3,(H,10,11);2-4H2,1H3,(H,8,9);1-2H3;3*1H/b7-6-;;;;;;/t18-,20+;;;;;;/m1....../s1. The molecule has 2 aliphatic rings. The minimum absolute atomic E-state index is 0. The van der Waals surface area contributed by atoms with Gasteiger partial charge in [0.1, 0.15) is 34.8 Å². The molecule has 2 aromatic rings. The average Bonchev–Trinajstić information content (AvgIpc) is 3.87. The quantitative estimate of drug-likeness (QED) is 0.167. The van der Waals surface area contributed by atoms with Crippen LogP contribution in [0.1, 0.15) is 99.2 Å². The molecule has 15 nitrogen and oxygen atoms in total. The zero-order valence-corrected chi connectivity index (χ0v) is 37.6. The minimum atomic E-state index is -3.77. The Morgan fingerprint density at radius 1 is 1.08 bits per heavy atom. The van der Waals surface area contributed by atoms with E-state index < -0.39 is 50.8 Å². The molecule has 2 fully saturated rings. The lowest BCUT2D eigenvalue weighted by atomic mass is 9.91. The highest BCUT2D eigenvalue weighted by Crippen LogP contribution is 2.43. The highest BCUT2D eigenvalue weighted by molar-refractivity contribution is 7.91. The molecular weight excluding hydrogens is 793 g/mol. The van der Waals surface area contributed by atoms with E-state index in [-0.39, 0.29) is 28.1 Å². The number of nitrogens with one attached hydrogen (secondary N) is 3. The van der Waals surface area contributed by atoms with Crippen LogP contribution in [-0.4, -0.2) is 111 Å². The second kappa shape index (κ2) is 23.2. The van der Waals surface area contributed by atoms with Crippen LogP contribution >= 0.6 is 0 Å². The van der Waals surface area contributed by atoms with E-state index in [9.17, 15) is 36.4 Å². The summed E-state index contributed by atoms with van der Waals surface area (Å²) in [6, 6.07) is 4.99. The van der Waals surface area contributed by atoms with Gasteiger partial charge in [-0.2, -0.15) is 0 Å². The van der Waals surface area contributed by atoms with Crippen molar-refractivity contribution in [3.63, 3.8) is 0 Å². The molecule has 1 aliphatic carbocycles. The molecule has 2 heterocycles. The maximum Gasteiger partial charge on any atom is 0.407 e. The Kier molecular flexibility index (Phi) is 20.5. The highest BCUT2D eigenvalue weighted by Gasteiger charge is 2.55. The molecule has 1 aromatic carbocycles. The number of nitrogens with zero attached hydrogens (tertiary/aromatic N) is 2. The van der Waals surface area contributed by atoms with Crippen LogP contribution in [0.2, 0.25) is 0 Å². The number of halogens is 2.